The molecule has 3 heteroatoms. The molecule has 0 saturated carbocycles. The van der Waals surface area contributed by atoms with Crippen molar-refractivity contribution in [2.75, 3.05) is 6.54 Å². The fourth-order valence-electron chi connectivity index (χ4n) is 1.24. The minimum Gasteiger partial charge on any atom is -0.393 e. The highest BCUT2D eigenvalue weighted by atomic mass is 16.3. The van der Waals surface area contributed by atoms with E-state index in [1.165, 1.54) is 0 Å². The van der Waals surface area contributed by atoms with E-state index in [1.54, 1.807) is 0 Å². The Hall–Kier alpha value is -0.410. The van der Waals surface area contributed by atoms with Crippen molar-refractivity contribution in [1.82, 2.24) is 5.32 Å². The second-order valence-electron chi connectivity index (χ2n) is 6.50. The number of carbonyl (C=O) groups is 1. The number of rotatable bonds is 5. The third kappa shape index (κ3) is 7.83. The molecular weight excluding hydrogens is 202 g/mol. The average Bonchev–Trinajstić information content (AvgIpc) is 1.99. The number of aliphatic hydroxyl groups is 1. The first-order valence-corrected chi connectivity index (χ1v) is 5.99. The summed E-state index contributed by atoms with van der Waals surface area (Å²) in [5.74, 6) is 0.121. The molecule has 0 amide bonds. The van der Waals surface area contributed by atoms with Crippen molar-refractivity contribution >= 4 is 5.78 Å². The number of hydrogen-bond acceptors (Lipinski definition) is 3. The van der Waals surface area contributed by atoms with E-state index in [4.69, 9.17) is 0 Å². The first-order valence-electron chi connectivity index (χ1n) is 5.99. The zero-order valence-corrected chi connectivity index (χ0v) is 11.6. The van der Waals surface area contributed by atoms with E-state index < -0.39 is 6.10 Å². The van der Waals surface area contributed by atoms with Crippen LogP contribution in [0.1, 0.15) is 54.4 Å². The molecule has 0 aliphatic heterocycles. The zero-order valence-electron chi connectivity index (χ0n) is 11.6. The maximum Gasteiger partial charge on any atom is 0.140 e. The van der Waals surface area contributed by atoms with Gasteiger partial charge in [-0.05, 0) is 33.7 Å². The highest BCUT2D eigenvalue weighted by molar-refractivity contribution is 5.83. The Bertz CT molecular complexity index is 223. The van der Waals surface area contributed by atoms with Gasteiger partial charge in [-0.2, -0.15) is 0 Å². The van der Waals surface area contributed by atoms with Crippen LogP contribution in [0.3, 0.4) is 0 Å². The summed E-state index contributed by atoms with van der Waals surface area (Å²) < 4.78 is 0. The number of carbonyl (C=O) groups excluding carboxylic acids is 1. The van der Waals surface area contributed by atoms with Crippen LogP contribution in [-0.4, -0.2) is 29.1 Å². The van der Waals surface area contributed by atoms with Gasteiger partial charge in [0.2, 0.25) is 0 Å². The molecule has 16 heavy (non-hydrogen) atoms. The predicted molar refractivity (Wildman–Crippen MR) is 67.5 cm³/mol. The van der Waals surface area contributed by atoms with Gasteiger partial charge in [0.25, 0.3) is 0 Å². The SMILES string of the molecule is CC(C)(C)NCCC(O)CC(=O)C(C)(C)C. The molecule has 0 saturated heterocycles. The summed E-state index contributed by atoms with van der Waals surface area (Å²) in [5, 5.41) is 13.0. The van der Waals surface area contributed by atoms with Gasteiger partial charge < -0.3 is 10.4 Å². The second-order valence-corrected chi connectivity index (χ2v) is 6.50. The molecule has 0 heterocycles. The number of aliphatic hydroxyl groups excluding tert-OH is 1. The molecule has 0 aliphatic rings. The van der Waals surface area contributed by atoms with Gasteiger partial charge in [-0.15, -0.1) is 0 Å². The summed E-state index contributed by atoms with van der Waals surface area (Å²) in [4.78, 5) is 11.7. The Morgan fingerprint density at radius 3 is 2.06 bits per heavy atom. The Kier molecular flexibility index (Phi) is 5.63. The van der Waals surface area contributed by atoms with E-state index in [9.17, 15) is 9.90 Å². The Morgan fingerprint density at radius 2 is 1.69 bits per heavy atom. The molecule has 96 valence electrons. The summed E-state index contributed by atoms with van der Waals surface area (Å²) >= 11 is 0. The maximum atomic E-state index is 11.7. The van der Waals surface area contributed by atoms with Gasteiger partial charge in [0.15, 0.2) is 0 Å². The van der Waals surface area contributed by atoms with Crippen LogP contribution in [0.2, 0.25) is 0 Å². The van der Waals surface area contributed by atoms with Crippen molar-refractivity contribution in [1.29, 1.82) is 0 Å². The van der Waals surface area contributed by atoms with Crippen LogP contribution in [0.4, 0.5) is 0 Å². The van der Waals surface area contributed by atoms with Crippen LogP contribution < -0.4 is 5.32 Å². The van der Waals surface area contributed by atoms with E-state index >= 15 is 0 Å². The number of Topliss-reactive ketones (excluding diaryl/α,β-unsaturated/α-hetero) is 1. The monoisotopic (exact) mass is 229 g/mol. The molecule has 0 spiro atoms. The van der Waals surface area contributed by atoms with Gasteiger partial charge in [0, 0.05) is 17.4 Å². The zero-order chi connectivity index (χ0) is 13.0. The van der Waals surface area contributed by atoms with Crippen LogP contribution in [0.5, 0.6) is 0 Å². The minimum absolute atomic E-state index is 0.0633. The molecule has 0 fully saturated rings. The molecule has 0 rings (SSSR count). The van der Waals surface area contributed by atoms with Crippen molar-refractivity contribution in [3.63, 3.8) is 0 Å². The Morgan fingerprint density at radius 1 is 1.19 bits per heavy atom. The third-order valence-corrected chi connectivity index (χ3v) is 2.39. The molecule has 0 bridgehead atoms. The van der Waals surface area contributed by atoms with Crippen molar-refractivity contribution in [3.8, 4) is 0 Å². The van der Waals surface area contributed by atoms with Gasteiger partial charge in [-0.25, -0.2) is 0 Å². The standard InChI is InChI=1S/C13H27NO2/c1-12(2,3)11(16)9-10(15)7-8-14-13(4,5)6/h10,14-15H,7-9H2,1-6H3. The normalized spacial score (nSPS) is 14.9. The molecule has 3 nitrogen and oxygen atoms in total. The molecule has 2 N–H and O–H groups in total. The van der Waals surface area contributed by atoms with Gasteiger partial charge in [0.05, 0.1) is 6.10 Å². The van der Waals surface area contributed by atoms with E-state index in [2.05, 4.69) is 26.1 Å². The van der Waals surface area contributed by atoms with Gasteiger partial charge >= 0.3 is 0 Å². The maximum absolute atomic E-state index is 11.7. The molecule has 0 aromatic rings. The number of hydrogen-bond donors (Lipinski definition) is 2. The predicted octanol–water partition coefficient (Wildman–Crippen LogP) is 2.13. The lowest BCUT2D eigenvalue weighted by atomic mass is 9.87. The second kappa shape index (κ2) is 5.78. The lowest BCUT2D eigenvalue weighted by Gasteiger charge is -2.23. The topological polar surface area (TPSA) is 49.3 Å². The molecular formula is C13H27NO2. The molecule has 0 aromatic heterocycles. The highest BCUT2D eigenvalue weighted by Gasteiger charge is 2.23. The van der Waals surface area contributed by atoms with Crippen LogP contribution in [0, 0.1) is 5.41 Å². The van der Waals surface area contributed by atoms with Crippen molar-refractivity contribution in [2.24, 2.45) is 5.41 Å². The van der Waals surface area contributed by atoms with Crippen molar-refractivity contribution in [2.45, 2.75) is 66.0 Å². The molecule has 0 aromatic carbocycles. The number of ketones is 1. The lowest BCUT2D eigenvalue weighted by molar-refractivity contribution is -0.128. The van der Waals surface area contributed by atoms with E-state index in [0.717, 1.165) is 6.54 Å². The molecule has 1 atom stereocenters. The smallest absolute Gasteiger partial charge is 0.140 e. The molecule has 0 aliphatic carbocycles. The van der Waals surface area contributed by atoms with Crippen LogP contribution in [0.15, 0.2) is 0 Å². The summed E-state index contributed by atoms with van der Waals surface area (Å²) in [5.41, 5.74) is -0.286. The third-order valence-electron chi connectivity index (χ3n) is 2.39. The quantitative estimate of drug-likeness (QED) is 0.759. The van der Waals surface area contributed by atoms with Crippen molar-refractivity contribution < 1.29 is 9.90 Å². The van der Waals surface area contributed by atoms with E-state index in [1.807, 2.05) is 20.8 Å². The first-order chi connectivity index (χ1) is 7.02. The summed E-state index contributed by atoms with van der Waals surface area (Å²) in [6.07, 6.45) is 0.357. The fourth-order valence-corrected chi connectivity index (χ4v) is 1.24. The van der Waals surface area contributed by atoms with Gasteiger partial charge in [0.1, 0.15) is 5.78 Å². The minimum atomic E-state index is -0.526. The van der Waals surface area contributed by atoms with E-state index in [0.29, 0.717) is 6.42 Å². The van der Waals surface area contributed by atoms with Gasteiger partial charge in [-0.3, -0.25) is 4.79 Å². The molecule has 0 radical (unpaired) electrons. The Labute approximate surface area is 99.6 Å². The highest BCUT2D eigenvalue weighted by Crippen LogP contribution is 2.18. The number of nitrogens with one attached hydrogen (secondary N) is 1. The largest absolute Gasteiger partial charge is 0.393 e. The molecule has 1 unspecified atom stereocenters. The van der Waals surface area contributed by atoms with Crippen LogP contribution >= 0.6 is 0 Å². The fraction of sp³-hybridized carbons (Fsp3) is 0.923. The lowest BCUT2D eigenvalue weighted by Crippen LogP contribution is -2.38. The van der Waals surface area contributed by atoms with Crippen LogP contribution in [-0.2, 0) is 4.79 Å². The van der Waals surface area contributed by atoms with E-state index in [-0.39, 0.29) is 23.2 Å². The van der Waals surface area contributed by atoms with Crippen LogP contribution in [0.25, 0.3) is 0 Å². The van der Waals surface area contributed by atoms with Gasteiger partial charge in [-0.1, -0.05) is 20.8 Å². The summed E-state index contributed by atoms with van der Waals surface area (Å²) in [6, 6.07) is 0. The average molecular weight is 229 g/mol. The summed E-state index contributed by atoms with van der Waals surface area (Å²) in [7, 11) is 0. The summed E-state index contributed by atoms with van der Waals surface area (Å²) in [6.45, 7) is 12.6. The first kappa shape index (κ1) is 15.6. The Balaban J connectivity index is 3.84. The van der Waals surface area contributed by atoms with Crippen molar-refractivity contribution in [3.05, 3.63) is 0 Å².